The van der Waals surface area contributed by atoms with E-state index in [-0.39, 0.29) is 28.2 Å². The highest BCUT2D eigenvalue weighted by atomic mass is 79.9. The number of nitriles is 1. The van der Waals surface area contributed by atoms with Crippen LogP contribution in [0, 0.1) is 21.4 Å². The van der Waals surface area contributed by atoms with Crippen molar-refractivity contribution in [1.29, 1.82) is 5.26 Å². The summed E-state index contributed by atoms with van der Waals surface area (Å²) in [6, 6.07) is 9.24. The summed E-state index contributed by atoms with van der Waals surface area (Å²) < 4.78 is 41.8. The Kier molecular flexibility index (Phi) is 8.44. The van der Waals surface area contributed by atoms with Crippen LogP contribution < -0.4 is 8.92 Å². The highest BCUT2D eigenvalue weighted by Crippen LogP contribution is 2.39. The van der Waals surface area contributed by atoms with Crippen molar-refractivity contribution in [3.05, 3.63) is 62.1 Å². The van der Waals surface area contributed by atoms with Crippen molar-refractivity contribution in [1.82, 2.24) is 4.90 Å². The Hall–Kier alpha value is -3.47. The topological polar surface area (TPSA) is 149 Å². The van der Waals surface area contributed by atoms with Crippen LogP contribution in [0.1, 0.15) is 12.5 Å². The van der Waals surface area contributed by atoms with Gasteiger partial charge >= 0.3 is 10.1 Å². The molecule has 0 saturated carbocycles. The van der Waals surface area contributed by atoms with Gasteiger partial charge in [-0.05, 0) is 52.7 Å². The van der Waals surface area contributed by atoms with Crippen molar-refractivity contribution in [2.24, 2.45) is 0 Å². The predicted octanol–water partition coefficient (Wildman–Crippen LogP) is 3.29. The van der Waals surface area contributed by atoms with E-state index in [4.69, 9.17) is 13.7 Å². The second-order valence-corrected chi connectivity index (χ2v) is 9.53. The monoisotopic (exact) mass is 565 g/mol. The van der Waals surface area contributed by atoms with Crippen molar-refractivity contribution >= 4 is 43.7 Å². The van der Waals surface area contributed by atoms with Crippen LogP contribution in [-0.2, 0) is 19.6 Å². The molecule has 1 aliphatic heterocycles. The Bertz CT molecular complexity index is 1310. The normalized spacial score (nSPS) is 14.2. The fourth-order valence-corrected chi connectivity index (χ4v) is 4.82. The highest BCUT2D eigenvalue weighted by molar-refractivity contribution is 9.10. The summed E-state index contributed by atoms with van der Waals surface area (Å²) >= 11 is 3.25. The number of amides is 1. The van der Waals surface area contributed by atoms with E-state index in [1.54, 1.807) is 6.92 Å². The molecule has 0 bridgehead atoms. The molecule has 0 spiro atoms. The van der Waals surface area contributed by atoms with E-state index >= 15 is 0 Å². The van der Waals surface area contributed by atoms with E-state index in [1.807, 2.05) is 6.07 Å². The van der Waals surface area contributed by atoms with Gasteiger partial charge in [-0.3, -0.25) is 14.9 Å². The molecule has 0 aromatic heterocycles. The molecular weight excluding hydrogens is 546 g/mol. The molecule has 0 N–H and O–H groups in total. The summed E-state index contributed by atoms with van der Waals surface area (Å²) in [5.41, 5.74) is -0.133. The molecule has 3 rings (SSSR count). The largest absolute Gasteiger partial charge is 0.490 e. The molecule has 1 fully saturated rings. The maximum absolute atomic E-state index is 12.8. The van der Waals surface area contributed by atoms with Crippen molar-refractivity contribution < 1.29 is 31.8 Å². The quantitative estimate of drug-likeness (QED) is 0.154. The number of rotatable bonds is 8. The summed E-state index contributed by atoms with van der Waals surface area (Å²) in [6.07, 6.45) is 1.36. The average molecular weight is 566 g/mol. The lowest BCUT2D eigenvalue weighted by Gasteiger charge is -2.26. The molecule has 1 aliphatic rings. The van der Waals surface area contributed by atoms with Gasteiger partial charge in [-0.15, -0.1) is 0 Å². The first-order valence-electron chi connectivity index (χ1n) is 10.3. The summed E-state index contributed by atoms with van der Waals surface area (Å²) in [5.74, 6) is -0.606. The third-order valence-electron chi connectivity index (χ3n) is 4.80. The molecule has 0 unspecified atom stereocenters. The van der Waals surface area contributed by atoms with Gasteiger partial charge in [0.25, 0.3) is 11.6 Å². The zero-order chi connectivity index (χ0) is 25.6. The average Bonchev–Trinajstić information content (AvgIpc) is 2.85. The number of benzene rings is 2. The number of hydrogen-bond donors (Lipinski definition) is 0. The van der Waals surface area contributed by atoms with E-state index in [1.165, 1.54) is 35.2 Å². The third-order valence-corrected chi connectivity index (χ3v) is 6.61. The number of nitro groups is 1. The van der Waals surface area contributed by atoms with Gasteiger partial charge in [-0.1, -0.05) is 6.07 Å². The summed E-state index contributed by atoms with van der Waals surface area (Å²) in [7, 11) is -4.46. The molecule has 13 heteroatoms. The van der Waals surface area contributed by atoms with Crippen LogP contribution in [0.3, 0.4) is 0 Å². The lowest BCUT2D eigenvalue weighted by molar-refractivity contribution is -0.385. The molecule has 184 valence electrons. The van der Waals surface area contributed by atoms with Crippen LogP contribution >= 0.6 is 15.9 Å². The molecule has 1 amide bonds. The first kappa shape index (κ1) is 26.1. The van der Waals surface area contributed by atoms with E-state index in [9.17, 15) is 28.6 Å². The lowest BCUT2D eigenvalue weighted by atomic mass is 10.1. The standard InChI is InChI=1S/C22H20BrN3O8S/c1-2-33-20-12-15(10-16(14-24)22(27)25-6-8-32-9-7-25)11-19(23)21(20)34-35(30,31)18-5-3-4-17(13-18)26(28)29/h3-5,10-13H,2,6-9H2,1H3/b16-10+. The summed E-state index contributed by atoms with van der Waals surface area (Å²) in [6.45, 7) is 3.34. The number of nitrogens with zero attached hydrogens (tertiary/aromatic N) is 3. The van der Waals surface area contributed by atoms with Crippen LogP contribution in [0.2, 0.25) is 0 Å². The van der Waals surface area contributed by atoms with Gasteiger partial charge in [-0.25, -0.2) is 0 Å². The number of non-ortho nitro benzene ring substituents is 1. The van der Waals surface area contributed by atoms with Crippen LogP contribution in [-0.4, -0.2) is 57.1 Å². The third kappa shape index (κ3) is 6.36. The zero-order valence-electron chi connectivity index (χ0n) is 18.5. The number of hydrogen-bond acceptors (Lipinski definition) is 9. The smallest absolute Gasteiger partial charge is 0.339 e. The predicted molar refractivity (Wildman–Crippen MR) is 127 cm³/mol. The fourth-order valence-electron chi connectivity index (χ4n) is 3.17. The summed E-state index contributed by atoms with van der Waals surface area (Å²) in [5, 5.41) is 20.5. The van der Waals surface area contributed by atoms with E-state index < -0.39 is 31.5 Å². The maximum atomic E-state index is 12.8. The van der Waals surface area contributed by atoms with Gasteiger partial charge in [0.15, 0.2) is 11.5 Å². The molecule has 11 nitrogen and oxygen atoms in total. The number of nitro benzene ring substituents is 1. The van der Waals surface area contributed by atoms with Crippen LogP contribution in [0.25, 0.3) is 6.08 Å². The van der Waals surface area contributed by atoms with Crippen LogP contribution in [0.4, 0.5) is 5.69 Å². The molecule has 2 aromatic rings. The Morgan fingerprint density at radius 3 is 2.66 bits per heavy atom. The van der Waals surface area contributed by atoms with Crippen molar-refractivity contribution in [3.8, 4) is 17.6 Å². The highest BCUT2D eigenvalue weighted by Gasteiger charge is 2.25. The van der Waals surface area contributed by atoms with Crippen molar-refractivity contribution in [2.75, 3.05) is 32.9 Å². The maximum Gasteiger partial charge on any atom is 0.339 e. The minimum absolute atomic E-state index is 0.0262. The van der Waals surface area contributed by atoms with Gasteiger partial charge in [0.05, 0.1) is 29.2 Å². The first-order chi connectivity index (χ1) is 16.7. The van der Waals surface area contributed by atoms with Crippen LogP contribution in [0.15, 0.2) is 51.3 Å². The Balaban J connectivity index is 1.96. The minimum atomic E-state index is -4.46. The molecule has 2 aromatic carbocycles. The molecule has 35 heavy (non-hydrogen) atoms. The second-order valence-electron chi connectivity index (χ2n) is 7.13. The SMILES string of the molecule is CCOc1cc(/C=C(\C#N)C(=O)N2CCOCC2)cc(Br)c1OS(=O)(=O)c1cccc([N+](=O)[O-])c1. The molecule has 1 heterocycles. The fraction of sp³-hybridized carbons (Fsp3) is 0.273. The van der Waals surface area contributed by atoms with Gasteiger partial charge in [0, 0.05) is 25.2 Å². The van der Waals surface area contributed by atoms with Crippen molar-refractivity contribution in [3.63, 3.8) is 0 Å². The van der Waals surface area contributed by atoms with E-state index in [0.717, 1.165) is 12.1 Å². The molecule has 0 aliphatic carbocycles. The van der Waals surface area contributed by atoms with E-state index in [0.29, 0.717) is 31.9 Å². The summed E-state index contributed by atoms with van der Waals surface area (Å²) in [4.78, 5) is 24.1. The van der Waals surface area contributed by atoms with Gasteiger partial charge in [-0.2, -0.15) is 13.7 Å². The van der Waals surface area contributed by atoms with Gasteiger partial charge in [0.1, 0.15) is 16.5 Å². The van der Waals surface area contributed by atoms with E-state index in [2.05, 4.69) is 15.9 Å². The first-order valence-corrected chi connectivity index (χ1v) is 12.5. The molecule has 0 radical (unpaired) electrons. The lowest BCUT2D eigenvalue weighted by Crippen LogP contribution is -2.41. The number of carbonyl (C=O) groups excluding carboxylic acids is 1. The number of ether oxygens (including phenoxy) is 2. The van der Waals surface area contributed by atoms with Gasteiger partial charge in [0.2, 0.25) is 0 Å². The number of carbonyl (C=O) groups is 1. The van der Waals surface area contributed by atoms with Gasteiger partial charge < -0.3 is 18.6 Å². The number of morpholine rings is 1. The Labute approximate surface area is 209 Å². The molecule has 0 atom stereocenters. The second kappa shape index (κ2) is 11.3. The Morgan fingerprint density at radius 1 is 1.31 bits per heavy atom. The molecular formula is C22H20BrN3O8S. The Morgan fingerprint density at radius 2 is 2.03 bits per heavy atom. The minimum Gasteiger partial charge on any atom is -0.490 e. The van der Waals surface area contributed by atoms with Crippen LogP contribution in [0.5, 0.6) is 11.5 Å². The molecule has 1 saturated heterocycles. The zero-order valence-corrected chi connectivity index (χ0v) is 20.9. The van der Waals surface area contributed by atoms with Crippen molar-refractivity contribution in [2.45, 2.75) is 11.8 Å². The number of halogens is 1.